The molecule has 0 aliphatic carbocycles. The Hall–Kier alpha value is -1.38. The van der Waals surface area contributed by atoms with Gasteiger partial charge in [-0.05, 0) is 41.8 Å². The molecule has 20 heavy (non-hydrogen) atoms. The Balaban J connectivity index is 2.44. The van der Waals surface area contributed by atoms with Gasteiger partial charge in [0, 0.05) is 5.02 Å². The van der Waals surface area contributed by atoms with Gasteiger partial charge in [0.05, 0.1) is 6.04 Å². The Labute approximate surface area is 124 Å². The lowest BCUT2D eigenvalue weighted by Gasteiger charge is -2.21. The number of nitrogens with one attached hydrogen (secondary N) is 1. The standard InChI is InChI=1S/C17H19ClFN/c1-3-12-6-5-7-13(10-12)17(20-4-2)15-9-8-14(19)11-16(15)18/h5-11,17,20H,3-4H2,1-2H3. The van der Waals surface area contributed by atoms with E-state index in [9.17, 15) is 4.39 Å². The highest BCUT2D eigenvalue weighted by atomic mass is 35.5. The van der Waals surface area contributed by atoms with Gasteiger partial charge in [-0.25, -0.2) is 4.39 Å². The van der Waals surface area contributed by atoms with Gasteiger partial charge >= 0.3 is 0 Å². The van der Waals surface area contributed by atoms with Gasteiger partial charge in [0.25, 0.3) is 0 Å². The summed E-state index contributed by atoms with van der Waals surface area (Å²) in [6.45, 7) is 5.00. The summed E-state index contributed by atoms with van der Waals surface area (Å²) in [5.41, 5.74) is 3.34. The van der Waals surface area contributed by atoms with Crippen LogP contribution in [0.15, 0.2) is 42.5 Å². The maximum absolute atomic E-state index is 13.2. The third-order valence-corrected chi connectivity index (χ3v) is 3.70. The molecule has 0 spiro atoms. The van der Waals surface area contributed by atoms with Gasteiger partial charge in [-0.15, -0.1) is 0 Å². The molecule has 1 atom stereocenters. The molecule has 0 aliphatic heterocycles. The first-order chi connectivity index (χ1) is 9.65. The van der Waals surface area contributed by atoms with Crippen molar-refractivity contribution in [3.05, 3.63) is 70.0 Å². The molecule has 0 aliphatic rings. The van der Waals surface area contributed by atoms with Crippen LogP contribution in [0.2, 0.25) is 5.02 Å². The fourth-order valence-electron chi connectivity index (χ4n) is 2.34. The van der Waals surface area contributed by atoms with Crippen LogP contribution >= 0.6 is 11.6 Å². The van der Waals surface area contributed by atoms with E-state index in [1.54, 1.807) is 6.07 Å². The highest BCUT2D eigenvalue weighted by molar-refractivity contribution is 6.31. The second-order valence-electron chi connectivity index (χ2n) is 4.76. The Morgan fingerprint density at radius 3 is 2.60 bits per heavy atom. The van der Waals surface area contributed by atoms with Crippen LogP contribution in [0.3, 0.4) is 0 Å². The molecule has 1 N–H and O–H groups in total. The van der Waals surface area contributed by atoms with Crippen LogP contribution in [0.1, 0.15) is 36.6 Å². The topological polar surface area (TPSA) is 12.0 Å². The van der Waals surface area contributed by atoms with Crippen molar-refractivity contribution >= 4 is 11.6 Å². The van der Waals surface area contributed by atoms with Crippen LogP contribution in [-0.2, 0) is 6.42 Å². The largest absolute Gasteiger partial charge is 0.306 e. The molecular formula is C17H19ClFN. The summed E-state index contributed by atoms with van der Waals surface area (Å²) < 4.78 is 13.2. The zero-order chi connectivity index (χ0) is 14.5. The highest BCUT2D eigenvalue weighted by Crippen LogP contribution is 2.29. The van der Waals surface area contributed by atoms with E-state index >= 15 is 0 Å². The SMILES string of the molecule is CCNC(c1cccc(CC)c1)c1ccc(F)cc1Cl. The van der Waals surface area contributed by atoms with E-state index in [4.69, 9.17) is 11.6 Å². The monoisotopic (exact) mass is 291 g/mol. The molecule has 0 bridgehead atoms. The maximum atomic E-state index is 13.2. The van der Waals surface area contributed by atoms with Crippen molar-refractivity contribution in [3.63, 3.8) is 0 Å². The zero-order valence-corrected chi connectivity index (χ0v) is 12.5. The molecule has 1 nitrogen and oxygen atoms in total. The summed E-state index contributed by atoms with van der Waals surface area (Å²) in [5, 5.41) is 3.88. The summed E-state index contributed by atoms with van der Waals surface area (Å²) >= 11 is 6.20. The van der Waals surface area contributed by atoms with E-state index < -0.39 is 0 Å². The number of rotatable bonds is 5. The van der Waals surface area contributed by atoms with Crippen molar-refractivity contribution in [2.45, 2.75) is 26.3 Å². The van der Waals surface area contributed by atoms with Gasteiger partial charge in [-0.3, -0.25) is 0 Å². The normalized spacial score (nSPS) is 12.4. The molecule has 2 rings (SSSR count). The molecule has 3 heteroatoms. The summed E-state index contributed by atoms with van der Waals surface area (Å²) in [4.78, 5) is 0. The van der Waals surface area contributed by atoms with E-state index in [-0.39, 0.29) is 11.9 Å². The molecule has 0 saturated carbocycles. The molecular weight excluding hydrogens is 273 g/mol. The molecule has 0 aromatic heterocycles. The van der Waals surface area contributed by atoms with E-state index in [0.29, 0.717) is 5.02 Å². The van der Waals surface area contributed by atoms with Crippen LogP contribution in [0.5, 0.6) is 0 Å². The van der Waals surface area contributed by atoms with Gasteiger partial charge in [-0.2, -0.15) is 0 Å². The van der Waals surface area contributed by atoms with Crippen molar-refractivity contribution in [1.82, 2.24) is 5.32 Å². The minimum atomic E-state index is -0.309. The fourth-order valence-corrected chi connectivity index (χ4v) is 2.62. The molecule has 0 radical (unpaired) electrons. The lowest BCUT2D eigenvalue weighted by atomic mass is 9.96. The van der Waals surface area contributed by atoms with E-state index in [1.807, 2.05) is 6.92 Å². The minimum Gasteiger partial charge on any atom is -0.306 e. The molecule has 2 aromatic carbocycles. The molecule has 0 heterocycles. The summed E-state index contributed by atoms with van der Waals surface area (Å²) in [6, 6.07) is 13.0. The number of aryl methyl sites for hydroxylation is 1. The minimum absolute atomic E-state index is 0.0143. The van der Waals surface area contributed by atoms with Crippen molar-refractivity contribution in [3.8, 4) is 0 Å². The van der Waals surface area contributed by atoms with Crippen molar-refractivity contribution in [2.75, 3.05) is 6.54 Å². The molecule has 0 amide bonds. The zero-order valence-electron chi connectivity index (χ0n) is 11.8. The first kappa shape index (κ1) is 15.0. The average molecular weight is 292 g/mol. The maximum Gasteiger partial charge on any atom is 0.124 e. The number of hydrogen-bond acceptors (Lipinski definition) is 1. The number of benzene rings is 2. The smallest absolute Gasteiger partial charge is 0.124 e. The van der Waals surface area contributed by atoms with Crippen molar-refractivity contribution in [2.24, 2.45) is 0 Å². The number of halogens is 2. The van der Waals surface area contributed by atoms with Gasteiger partial charge in [0.1, 0.15) is 5.82 Å². The van der Waals surface area contributed by atoms with Gasteiger partial charge < -0.3 is 5.32 Å². The molecule has 0 fully saturated rings. The quantitative estimate of drug-likeness (QED) is 0.839. The highest BCUT2D eigenvalue weighted by Gasteiger charge is 2.16. The van der Waals surface area contributed by atoms with Crippen LogP contribution in [0.25, 0.3) is 0 Å². The Morgan fingerprint density at radius 2 is 1.95 bits per heavy atom. The first-order valence-corrected chi connectivity index (χ1v) is 7.30. The molecule has 1 unspecified atom stereocenters. The summed E-state index contributed by atoms with van der Waals surface area (Å²) in [5.74, 6) is -0.309. The van der Waals surface area contributed by atoms with E-state index in [0.717, 1.165) is 24.1 Å². The van der Waals surface area contributed by atoms with Crippen molar-refractivity contribution < 1.29 is 4.39 Å². The summed E-state index contributed by atoms with van der Waals surface area (Å²) in [6.07, 6.45) is 0.990. The Kier molecular flexibility index (Phi) is 5.16. The average Bonchev–Trinajstić information content (AvgIpc) is 2.45. The van der Waals surface area contributed by atoms with Crippen LogP contribution in [-0.4, -0.2) is 6.54 Å². The van der Waals surface area contributed by atoms with Crippen molar-refractivity contribution in [1.29, 1.82) is 0 Å². The Bertz CT molecular complexity index is 583. The van der Waals surface area contributed by atoms with E-state index in [2.05, 4.69) is 36.5 Å². The third-order valence-electron chi connectivity index (χ3n) is 3.37. The third kappa shape index (κ3) is 3.38. The van der Waals surface area contributed by atoms with E-state index in [1.165, 1.54) is 17.7 Å². The molecule has 2 aromatic rings. The van der Waals surface area contributed by atoms with Crippen LogP contribution < -0.4 is 5.32 Å². The predicted molar refractivity (Wildman–Crippen MR) is 82.7 cm³/mol. The summed E-state index contributed by atoms with van der Waals surface area (Å²) in [7, 11) is 0. The molecule has 0 saturated heterocycles. The van der Waals surface area contributed by atoms with Crippen LogP contribution in [0, 0.1) is 5.82 Å². The second-order valence-corrected chi connectivity index (χ2v) is 5.16. The fraction of sp³-hybridized carbons (Fsp3) is 0.294. The lowest BCUT2D eigenvalue weighted by molar-refractivity contribution is 0.613. The van der Waals surface area contributed by atoms with Gasteiger partial charge in [0.2, 0.25) is 0 Å². The molecule has 106 valence electrons. The predicted octanol–water partition coefficient (Wildman–Crippen LogP) is 4.74. The Morgan fingerprint density at radius 1 is 1.15 bits per heavy atom. The van der Waals surface area contributed by atoms with Gasteiger partial charge in [-0.1, -0.05) is 55.8 Å². The number of hydrogen-bond donors (Lipinski definition) is 1. The van der Waals surface area contributed by atoms with Crippen LogP contribution in [0.4, 0.5) is 4.39 Å². The second kappa shape index (κ2) is 6.87. The van der Waals surface area contributed by atoms with Gasteiger partial charge in [0.15, 0.2) is 0 Å². The lowest BCUT2D eigenvalue weighted by Crippen LogP contribution is -2.22. The first-order valence-electron chi connectivity index (χ1n) is 6.92.